The van der Waals surface area contributed by atoms with Crippen LogP contribution in [0.3, 0.4) is 0 Å². The van der Waals surface area contributed by atoms with E-state index in [9.17, 15) is 4.79 Å². The Hall–Kier alpha value is -0.620. The van der Waals surface area contributed by atoms with Crippen LogP contribution in [-0.2, 0) is 0 Å². The van der Waals surface area contributed by atoms with Crippen molar-refractivity contribution in [3.05, 3.63) is 33.4 Å². The lowest BCUT2D eigenvalue weighted by Gasteiger charge is -2.13. The minimum absolute atomic E-state index is 0.0429. The first-order valence-corrected chi connectivity index (χ1v) is 7.53. The molecule has 1 atom stereocenters. The van der Waals surface area contributed by atoms with Gasteiger partial charge in [0.2, 0.25) is 0 Å². The van der Waals surface area contributed by atoms with Crippen molar-refractivity contribution in [2.24, 2.45) is 5.92 Å². The van der Waals surface area contributed by atoms with E-state index >= 15 is 0 Å². The van der Waals surface area contributed by atoms with Crippen molar-refractivity contribution in [1.82, 2.24) is 10.2 Å². The Morgan fingerprint density at radius 1 is 1.44 bits per heavy atom. The zero-order chi connectivity index (χ0) is 13.0. The smallest absolute Gasteiger partial charge is 0.251 e. The van der Waals surface area contributed by atoms with E-state index in [1.165, 1.54) is 13.0 Å². The monoisotopic (exact) mass is 358 g/mol. The van der Waals surface area contributed by atoms with Crippen molar-refractivity contribution in [3.8, 4) is 0 Å². The fourth-order valence-corrected chi connectivity index (χ4v) is 2.67. The number of carbonyl (C=O) groups excluding carboxylic acids is 1. The summed E-state index contributed by atoms with van der Waals surface area (Å²) in [7, 11) is 0. The first kappa shape index (κ1) is 13.8. The molecule has 1 unspecified atom stereocenters. The quantitative estimate of drug-likeness (QED) is 0.839. The van der Waals surface area contributed by atoms with Gasteiger partial charge in [0, 0.05) is 22.2 Å². The standard InChI is InChI=1S/C14H19IN2O/c1-2-17-8-7-11(10-17)9-16-14(18)12-3-5-13(15)6-4-12/h3-6,11H,2,7-10H2,1H3,(H,16,18). The third-order valence-electron chi connectivity index (χ3n) is 3.47. The first-order chi connectivity index (χ1) is 8.69. The second-order valence-corrected chi connectivity index (χ2v) is 6.01. The summed E-state index contributed by atoms with van der Waals surface area (Å²) in [6.07, 6.45) is 1.20. The largest absolute Gasteiger partial charge is 0.352 e. The Kier molecular flexibility index (Phi) is 5.00. The van der Waals surface area contributed by atoms with E-state index in [0.717, 1.165) is 28.8 Å². The molecule has 0 spiro atoms. The lowest BCUT2D eigenvalue weighted by molar-refractivity contribution is 0.0947. The van der Waals surface area contributed by atoms with Crippen molar-refractivity contribution < 1.29 is 4.79 Å². The van der Waals surface area contributed by atoms with E-state index in [-0.39, 0.29) is 5.91 Å². The average Bonchev–Trinajstić information content (AvgIpc) is 2.85. The molecule has 1 N–H and O–H groups in total. The van der Waals surface area contributed by atoms with Crippen molar-refractivity contribution >= 4 is 28.5 Å². The molecule has 4 heteroatoms. The number of carbonyl (C=O) groups is 1. The molecule has 1 aliphatic rings. The fraction of sp³-hybridized carbons (Fsp3) is 0.500. The molecule has 1 aromatic rings. The van der Waals surface area contributed by atoms with E-state index in [2.05, 4.69) is 39.7 Å². The highest BCUT2D eigenvalue weighted by Gasteiger charge is 2.21. The molecule has 0 aromatic heterocycles. The Morgan fingerprint density at radius 2 is 2.17 bits per heavy atom. The number of halogens is 1. The van der Waals surface area contributed by atoms with Crippen LogP contribution in [0.1, 0.15) is 23.7 Å². The molecule has 98 valence electrons. The second-order valence-electron chi connectivity index (χ2n) is 4.76. The summed E-state index contributed by atoms with van der Waals surface area (Å²) in [6, 6.07) is 7.68. The minimum Gasteiger partial charge on any atom is -0.352 e. The number of rotatable bonds is 4. The Bertz CT molecular complexity index is 405. The molecular weight excluding hydrogens is 339 g/mol. The molecule has 1 fully saturated rings. The van der Waals surface area contributed by atoms with Crippen molar-refractivity contribution in [2.45, 2.75) is 13.3 Å². The van der Waals surface area contributed by atoms with Crippen molar-refractivity contribution in [3.63, 3.8) is 0 Å². The molecule has 1 amide bonds. The van der Waals surface area contributed by atoms with Gasteiger partial charge in [0.1, 0.15) is 0 Å². The predicted octanol–water partition coefficient (Wildman–Crippen LogP) is 2.36. The highest BCUT2D eigenvalue weighted by Crippen LogP contribution is 2.14. The molecule has 2 rings (SSSR count). The zero-order valence-corrected chi connectivity index (χ0v) is 12.8. The minimum atomic E-state index is 0.0429. The van der Waals surface area contributed by atoms with Gasteiger partial charge in [0.15, 0.2) is 0 Å². The van der Waals surface area contributed by atoms with Crippen LogP contribution >= 0.6 is 22.6 Å². The van der Waals surface area contributed by atoms with Gasteiger partial charge < -0.3 is 10.2 Å². The number of nitrogens with one attached hydrogen (secondary N) is 1. The maximum absolute atomic E-state index is 11.9. The van der Waals surface area contributed by atoms with Gasteiger partial charge in [-0.1, -0.05) is 6.92 Å². The van der Waals surface area contributed by atoms with Crippen LogP contribution in [-0.4, -0.2) is 37.0 Å². The summed E-state index contributed by atoms with van der Waals surface area (Å²) in [4.78, 5) is 14.4. The van der Waals surface area contributed by atoms with Gasteiger partial charge in [-0.05, 0) is 72.3 Å². The van der Waals surface area contributed by atoms with Crippen LogP contribution in [0.5, 0.6) is 0 Å². The SMILES string of the molecule is CCN1CCC(CNC(=O)c2ccc(I)cc2)C1. The van der Waals surface area contributed by atoms with Gasteiger partial charge in [-0.2, -0.15) is 0 Å². The number of benzene rings is 1. The van der Waals surface area contributed by atoms with E-state index in [0.29, 0.717) is 5.92 Å². The summed E-state index contributed by atoms with van der Waals surface area (Å²) in [5.41, 5.74) is 0.751. The van der Waals surface area contributed by atoms with Crippen molar-refractivity contribution in [2.75, 3.05) is 26.2 Å². The number of likely N-dealkylation sites (tertiary alicyclic amines) is 1. The van der Waals surface area contributed by atoms with Crippen LogP contribution in [0.15, 0.2) is 24.3 Å². The van der Waals surface area contributed by atoms with E-state index in [4.69, 9.17) is 0 Å². The van der Waals surface area contributed by atoms with Crippen LogP contribution in [0.2, 0.25) is 0 Å². The third-order valence-corrected chi connectivity index (χ3v) is 4.19. The third kappa shape index (κ3) is 3.68. The van der Waals surface area contributed by atoms with Gasteiger partial charge in [-0.15, -0.1) is 0 Å². The fourth-order valence-electron chi connectivity index (χ4n) is 2.31. The summed E-state index contributed by atoms with van der Waals surface area (Å²) < 4.78 is 1.15. The Balaban J connectivity index is 1.80. The van der Waals surface area contributed by atoms with Crippen molar-refractivity contribution in [1.29, 1.82) is 0 Å². The lowest BCUT2D eigenvalue weighted by Crippen LogP contribution is -2.31. The average molecular weight is 358 g/mol. The summed E-state index contributed by atoms with van der Waals surface area (Å²) in [5, 5.41) is 3.04. The maximum Gasteiger partial charge on any atom is 0.251 e. The Morgan fingerprint density at radius 3 is 2.78 bits per heavy atom. The van der Waals surface area contributed by atoms with Gasteiger partial charge in [0.25, 0.3) is 5.91 Å². The van der Waals surface area contributed by atoms with E-state index in [1.807, 2.05) is 24.3 Å². The van der Waals surface area contributed by atoms with Crippen LogP contribution in [0.25, 0.3) is 0 Å². The molecule has 18 heavy (non-hydrogen) atoms. The highest BCUT2D eigenvalue weighted by molar-refractivity contribution is 14.1. The number of hydrogen-bond donors (Lipinski definition) is 1. The molecule has 1 saturated heterocycles. The van der Waals surface area contributed by atoms with E-state index < -0.39 is 0 Å². The van der Waals surface area contributed by atoms with Gasteiger partial charge in [0.05, 0.1) is 0 Å². The van der Waals surface area contributed by atoms with Crippen LogP contribution in [0, 0.1) is 9.49 Å². The van der Waals surface area contributed by atoms with Gasteiger partial charge >= 0.3 is 0 Å². The molecule has 0 radical (unpaired) electrons. The summed E-state index contributed by atoms with van der Waals surface area (Å²) in [6.45, 7) is 6.37. The summed E-state index contributed by atoms with van der Waals surface area (Å²) in [5.74, 6) is 0.652. The number of hydrogen-bond acceptors (Lipinski definition) is 2. The predicted molar refractivity (Wildman–Crippen MR) is 81.7 cm³/mol. The van der Waals surface area contributed by atoms with Gasteiger partial charge in [-0.3, -0.25) is 4.79 Å². The lowest BCUT2D eigenvalue weighted by atomic mass is 10.1. The van der Waals surface area contributed by atoms with E-state index in [1.54, 1.807) is 0 Å². The van der Waals surface area contributed by atoms with Gasteiger partial charge in [-0.25, -0.2) is 0 Å². The molecular formula is C14H19IN2O. The first-order valence-electron chi connectivity index (χ1n) is 6.45. The zero-order valence-electron chi connectivity index (χ0n) is 10.7. The van der Waals surface area contributed by atoms with Crippen LogP contribution < -0.4 is 5.32 Å². The molecule has 0 aliphatic carbocycles. The second kappa shape index (κ2) is 6.52. The molecule has 0 saturated carbocycles. The number of amides is 1. The highest BCUT2D eigenvalue weighted by atomic mass is 127. The molecule has 3 nitrogen and oxygen atoms in total. The molecule has 0 bridgehead atoms. The normalized spacial score (nSPS) is 20.0. The summed E-state index contributed by atoms with van der Waals surface area (Å²) >= 11 is 2.24. The molecule has 1 aliphatic heterocycles. The number of nitrogens with zero attached hydrogens (tertiary/aromatic N) is 1. The molecule has 1 heterocycles. The topological polar surface area (TPSA) is 32.3 Å². The Labute approximate surface area is 122 Å². The van der Waals surface area contributed by atoms with Crippen LogP contribution in [0.4, 0.5) is 0 Å². The molecule has 1 aromatic carbocycles. The maximum atomic E-state index is 11.9.